The van der Waals surface area contributed by atoms with E-state index in [2.05, 4.69) is 32.4 Å². The molecule has 6 heteroatoms. The van der Waals surface area contributed by atoms with Gasteiger partial charge in [0.1, 0.15) is 11.5 Å². The molecule has 3 rings (SSSR count). The van der Waals surface area contributed by atoms with Crippen molar-refractivity contribution in [2.45, 2.75) is 32.6 Å². The highest BCUT2D eigenvalue weighted by Crippen LogP contribution is 2.28. The van der Waals surface area contributed by atoms with Gasteiger partial charge in [0, 0.05) is 23.9 Å². The lowest BCUT2D eigenvalue weighted by molar-refractivity contribution is 0.392. The van der Waals surface area contributed by atoms with Crippen molar-refractivity contribution in [3.63, 3.8) is 0 Å². The molecule has 0 bridgehead atoms. The second-order valence-electron chi connectivity index (χ2n) is 5.06. The van der Waals surface area contributed by atoms with Gasteiger partial charge in [-0.2, -0.15) is 0 Å². The Bertz CT molecular complexity index is 627. The van der Waals surface area contributed by atoms with Crippen molar-refractivity contribution in [1.82, 2.24) is 20.2 Å². The van der Waals surface area contributed by atoms with E-state index in [0.29, 0.717) is 17.4 Å². The third kappa shape index (κ3) is 2.79. The van der Waals surface area contributed by atoms with Crippen LogP contribution in [0.2, 0.25) is 0 Å². The Morgan fingerprint density at radius 3 is 2.81 bits per heavy atom. The minimum Gasteiger partial charge on any atom is -0.480 e. The van der Waals surface area contributed by atoms with Gasteiger partial charge in [0.2, 0.25) is 5.88 Å². The summed E-state index contributed by atoms with van der Waals surface area (Å²) in [7, 11) is 1.57. The van der Waals surface area contributed by atoms with Gasteiger partial charge in [-0.3, -0.25) is 0 Å². The maximum Gasteiger partial charge on any atom is 0.233 e. The minimum atomic E-state index is 0.490. The van der Waals surface area contributed by atoms with Crippen LogP contribution in [0.1, 0.15) is 31.0 Å². The fraction of sp³-hybridized carbons (Fsp3) is 0.467. The molecule has 0 radical (unpaired) electrons. The van der Waals surface area contributed by atoms with Crippen molar-refractivity contribution in [3.05, 3.63) is 23.4 Å². The van der Waals surface area contributed by atoms with Crippen LogP contribution in [0.4, 0.5) is 5.82 Å². The smallest absolute Gasteiger partial charge is 0.233 e. The van der Waals surface area contributed by atoms with Crippen molar-refractivity contribution in [1.29, 1.82) is 0 Å². The minimum absolute atomic E-state index is 0.490. The van der Waals surface area contributed by atoms with Crippen LogP contribution in [0.3, 0.4) is 0 Å². The molecule has 2 aromatic rings. The molecule has 0 saturated carbocycles. The van der Waals surface area contributed by atoms with Crippen LogP contribution >= 0.6 is 0 Å². The maximum atomic E-state index is 5.03. The molecule has 2 aromatic heterocycles. The van der Waals surface area contributed by atoms with Gasteiger partial charge in [-0.25, -0.2) is 9.97 Å². The third-order valence-electron chi connectivity index (χ3n) is 3.55. The van der Waals surface area contributed by atoms with Crippen molar-refractivity contribution in [2.75, 3.05) is 19.0 Å². The van der Waals surface area contributed by atoms with E-state index in [1.165, 1.54) is 5.56 Å². The Labute approximate surface area is 124 Å². The largest absolute Gasteiger partial charge is 0.480 e. The molecule has 0 amide bonds. The highest BCUT2D eigenvalue weighted by molar-refractivity contribution is 5.57. The monoisotopic (exact) mass is 285 g/mol. The molecule has 0 aromatic carbocycles. The second kappa shape index (κ2) is 6.03. The van der Waals surface area contributed by atoms with E-state index in [9.17, 15) is 0 Å². The summed E-state index contributed by atoms with van der Waals surface area (Å²) < 4.78 is 5.03. The molecular weight excluding hydrogens is 266 g/mol. The first-order valence-electron chi connectivity index (χ1n) is 7.33. The highest BCUT2D eigenvalue weighted by atomic mass is 16.5. The van der Waals surface area contributed by atoms with E-state index in [4.69, 9.17) is 4.74 Å². The zero-order chi connectivity index (χ0) is 14.7. The fourth-order valence-corrected chi connectivity index (χ4v) is 2.48. The first-order chi connectivity index (χ1) is 10.3. The zero-order valence-corrected chi connectivity index (χ0v) is 12.4. The Morgan fingerprint density at radius 2 is 2.10 bits per heavy atom. The van der Waals surface area contributed by atoms with Gasteiger partial charge < -0.3 is 10.1 Å². The van der Waals surface area contributed by atoms with Crippen LogP contribution in [0, 0.1) is 0 Å². The number of methoxy groups -OCH3 is 1. The molecule has 1 N–H and O–H groups in total. The Hall–Kier alpha value is -2.24. The predicted molar refractivity (Wildman–Crippen MR) is 80.4 cm³/mol. The summed E-state index contributed by atoms with van der Waals surface area (Å²) in [5.74, 6) is 2.07. The normalized spacial score (nSPS) is 13.0. The number of ether oxygens (including phenoxy) is 1. The highest BCUT2D eigenvalue weighted by Gasteiger charge is 2.20. The first kappa shape index (κ1) is 13.7. The molecule has 0 saturated heterocycles. The first-order valence-corrected chi connectivity index (χ1v) is 7.33. The molecule has 0 fully saturated rings. The zero-order valence-electron chi connectivity index (χ0n) is 12.4. The van der Waals surface area contributed by atoms with Gasteiger partial charge in [-0.05, 0) is 31.7 Å². The van der Waals surface area contributed by atoms with Crippen LogP contribution < -0.4 is 10.1 Å². The number of fused-ring (bicyclic) bond motifs is 1. The summed E-state index contributed by atoms with van der Waals surface area (Å²) in [5.41, 5.74) is 3.06. The molecule has 6 nitrogen and oxygen atoms in total. The van der Waals surface area contributed by atoms with Crippen molar-refractivity contribution in [3.8, 4) is 17.4 Å². The summed E-state index contributed by atoms with van der Waals surface area (Å²) in [6.07, 6.45) is 4.27. The molecule has 1 aliphatic carbocycles. The molecular formula is C15H19N5O. The Morgan fingerprint density at radius 1 is 1.19 bits per heavy atom. The number of hydrogen-bond acceptors (Lipinski definition) is 6. The van der Waals surface area contributed by atoms with Gasteiger partial charge in [-0.1, -0.05) is 6.92 Å². The predicted octanol–water partition coefficient (Wildman–Crippen LogP) is 2.25. The van der Waals surface area contributed by atoms with E-state index in [1.54, 1.807) is 13.2 Å². The number of aryl methyl sites for hydroxylation is 1. The SMILES string of the molecule is CCCNc1nc(-c2ccc(OC)nn2)nc2c1CCC2. The number of anilines is 1. The third-order valence-corrected chi connectivity index (χ3v) is 3.55. The molecule has 0 spiro atoms. The average molecular weight is 285 g/mol. The maximum absolute atomic E-state index is 5.03. The average Bonchev–Trinajstić information content (AvgIpc) is 3.01. The number of rotatable bonds is 5. The Kier molecular flexibility index (Phi) is 3.94. The Balaban J connectivity index is 1.97. The molecule has 110 valence electrons. The molecule has 0 atom stereocenters. The van der Waals surface area contributed by atoms with Gasteiger partial charge >= 0.3 is 0 Å². The van der Waals surface area contributed by atoms with Crippen molar-refractivity contribution >= 4 is 5.82 Å². The van der Waals surface area contributed by atoms with Gasteiger partial charge in [0.15, 0.2) is 5.82 Å². The lowest BCUT2D eigenvalue weighted by atomic mass is 10.2. The quantitative estimate of drug-likeness (QED) is 0.908. The van der Waals surface area contributed by atoms with E-state index in [1.807, 2.05) is 6.07 Å². The van der Waals surface area contributed by atoms with Crippen LogP contribution in [0.15, 0.2) is 12.1 Å². The molecule has 1 aliphatic rings. The van der Waals surface area contributed by atoms with E-state index < -0.39 is 0 Å². The van der Waals surface area contributed by atoms with Gasteiger partial charge in [0.25, 0.3) is 0 Å². The van der Waals surface area contributed by atoms with E-state index in [-0.39, 0.29) is 0 Å². The summed E-state index contributed by atoms with van der Waals surface area (Å²) in [6.45, 7) is 3.06. The fourth-order valence-electron chi connectivity index (χ4n) is 2.48. The molecule has 2 heterocycles. The van der Waals surface area contributed by atoms with Crippen molar-refractivity contribution < 1.29 is 4.74 Å². The van der Waals surface area contributed by atoms with E-state index >= 15 is 0 Å². The number of nitrogens with one attached hydrogen (secondary N) is 1. The molecule has 0 unspecified atom stereocenters. The topological polar surface area (TPSA) is 72.8 Å². The van der Waals surface area contributed by atoms with Crippen LogP contribution in [0.25, 0.3) is 11.5 Å². The van der Waals surface area contributed by atoms with Crippen LogP contribution in [0.5, 0.6) is 5.88 Å². The number of nitrogens with zero attached hydrogens (tertiary/aromatic N) is 4. The molecule has 0 aliphatic heterocycles. The van der Waals surface area contributed by atoms with Gasteiger partial charge in [-0.15, -0.1) is 10.2 Å². The summed E-state index contributed by atoms with van der Waals surface area (Å²) in [5, 5.41) is 11.5. The summed E-state index contributed by atoms with van der Waals surface area (Å²) >= 11 is 0. The number of hydrogen-bond donors (Lipinski definition) is 1. The van der Waals surface area contributed by atoms with Gasteiger partial charge in [0.05, 0.1) is 7.11 Å². The lowest BCUT2D eigenvalue weighted by Gasteiger charge is -2.11. The van der Waals surface area contributed by atoms with Crippen LogP contribution in [-0.2, 0) is 12.8 Å². The lowest BCUT2D eigenvalue weighted by Crippen LogP contribution is -2.08. The van der Waals surface area contributed by atoms with Crippen molar-refractivity contribution in [2.24, 2.45) is 0 Å². The summed E-state index contributed by atoms with van der Waals surface area (Å²) in [4.78, 5) is 9.30. The standard InChI is InChI=1S/C15H19N5O/c1-3-9-16-14-10-5-4-6-11(10)17-15(18-14)12-7-8-13(21-2)20-19-12/h7-8H,3-6,9H2,1-2H3,(H,16,17,18). The number of aromatic nitrogens is 4. The van der Waals surface area contributed by atoms with E-state index in [0.717, 1.165) is 43.7 Å². The second-order valence-corrected chi connectivity index (χ2v) is 5.06. The summed E-state index contributed by atoms with van der Waals surface area (Å²) in [6, 6.07) is 3.62. The van der Waals surface area contributed by atoms with Crippen LogP contribution in [-0.4, -0.2) is 33.8 Å². The molecule has 21 heavy (non-hydrogen) atoms.